The molecule has 56 heavy (non-hydrogen) atoms. The number of aliphatic hydroxyl groups excluding tert-OH is 2. The third kappa shape index (κ3) is 13.5. The van der Waals surface area contributed by atoms with E-state index in [4.69, 9.17) is 20.6 Å². The molecule has 0 atom stereocenters. The molecular weight excluding hydrogens is 739 g/mol. The number of benzene rings is 3. The van der Waals surface area contributed by atoms with E-state index in [9.17, 15) is 19.2 Å². The molecule has 0 unspecified atom stereocenters. The summed E-state index contributed by atoms with van der Waals surface area (Å²) in [6, 6.07) is 22.2. The fraction of sp³-hybridized carbons (Fsp3) is 0.308. The lowest BCUT2D eigenvalue weighted by Gasteiger charge is -2.20. The summed E-state index contributed by atoms with van der Waals surface area (Å²) in [7, 11) is 0. The van der Waals surface area contributed by atoms with E-state index in [1.165, 1.54) is 0 Å². The van der Waals surface area contributed by atoms with Crippen molar-refractivity contribution in [1.29, 1.82) is 5.53 Å². The minimum Gasteiger partial charge on any atom is -0.395 e. The fourth-order valence-corrected chi connectivity index (χ4v) is 6.12. The Bertz CT molecular complexity index is 1980. The van der Waals surface area contributed by atoms with Gasteiger partial charge in [-0.3, -0.25) is 34.9 Å². The van der Waals surface area contributed by atoms with Gasteiger partial charge in [0.15, 0.2) is 12.4 Å². The van der Waals surface area contributed by atoms with E-state index in [-0.39, 0.29) is 44.7 Å². The molecule has 1 aromatic heterocycles. The molecule has 0 aliphatic heterocycles. The van der Waals surface area contributed by atoms with Gasteiger partial charge in [-0.2, -0.15) is 21.4 Å². The van der Waals surface area contributed by atoms with Gasteiger partial charge in [0, 0.05) is 49.4 Å². The van der Waals surface area contributed by atoms with Crippen LogP contribution in [0.1, 0.15) is 27.0 Å². The van der Waals surface area contributed by atoms with Crippen LogP contribution in [0.3, 0.4) is 0 Å². The number of thioether (sulfide) groups is 1. The molecule has 17 heteroatoms. The molecule has 0 aliphatic carbocycles. The molecule has 0 spiro atoms. The van der Waals surface area contributed by atoms with Gasteiger partial charge in [-0.1, -0.05) is 24.3 Å². The second-order valence-electron chi connectivity index (χ2n) is 12.5. The van der Waals surface area contributed by atoms with Crippen molar-refractivity contribution in [2.75, 3.05) is 61.6 Å². The van der Waals surface area contributed by atoms with Crippen molar-refractivity contribution in [3.63, 3.8) is 0 Å². The van der Waals surface area contributed by atoms with Gasteiger partial charge in [0.25, 0.3) is 11.8 Å². The van der Waals surface area contributed by atoms with E-state index in [1.54, 1.807) is 66.0 Å². The highest BCUT2D eigenvalue weighted by molar-refractivity contribution is 7.99. The van der Waals surface area contributed by atoms with Crippen molar-refractivity contribution in [1.82, 2.24) is 21.1 Å². The molecule has 296 valence electrons. The number of nitrogens with zero attached hydrogens (tertiary/aromatic N) is 3. The summed E-state index contributed by atoms with van der Waals surface area (Å²) < 4.78 is 1.61. The maximum atomic E-state index is 12.8. The fourth-order valence-electron chi connectivity index (χ4n) is 5.44. The number of aromatic nitrogens is 1. The van der Waals surface area contributed by atoms with Gasteiger partial charge in [0.2, 0.25) is 6.54 Å². The summed E-state index contributed by atoms with van der Waals surface area (Å²) in [6.07, 6.45) is 3.30. The Morgan fingerprint density at radius 1 is 0.893 bits per heavy atom. The van der Waals surface area contributed by atoms with Gasteiger partial charge in [-0.05, 0) is 84.1 Å². The number of carbonyl (C=O) groups is 4. The molecule has 0 saturated heterocycles. The highest BCUT2D eigenvalue weighted by Gasteiger charge is 2.21. The van der Waals surface area contributed by atoms with Gasteiger partial charge < -0.3 is 25.7 Å². The Hall–Kier alpha value is -5.72. The number of amides is 4. The number of nitrogens with one attached hydrogen (secondary N) is 6. The third-order valence-corrected chi connectivity index (χ3v) is 9.27. The number of hydroxylamine groups is 1. The second kappa shape index (κ2) is 22.6. The van der Waals surface area contributed by atoms with E-state index in [0.29, 0.717) is 53.6 Å². The molecule has 4 rings (SSSR count). The van der Waals surface area contributed by atoms with Gasteiger partial charge in [-0.25, -0.2) is 11.0 Å². The summed E-state index contributed by atoms with van der Waals surface area (Å²) in [4.78, 5) is 56.8. The van der Waals surface area contributed by atoms with Gasteiger partial charge in [-0.15, -0.1) is 0 Å². The molecule has 1 heterocycles. The average Bonchev–Trinajstić information content (AvgIpc) is 3.19. The van der Waals surface area contributed by atoms with Crippen molar-refractivity contribution in [2.24, 2.45) is 5.11 Å². The number of rotatable bonds is 21. The van der Waals surface area contributed by atoms with E-state index >= 15 is 0 Å². The predicted molar refractivity (Wildman–Crippen MR) is 213 cm³/mol. The Kier molecular flexibility index (Phi) is 17.4. The predicted octanol–water partition coefficient (Wildman–Crippen LogP) is 3.00. The van der Waals surface area contributed by atoms with Crippen LogP contribution >= 0.6 is 11.8 Å². The monoisotopic (exact) mass is 786 g/mol. The van der Waals surface area contributed by atoms with Crippen LogP contribution in [0.15, 0.2) is 90.3 Å². The van der Waals surface area contributed by atoms with E-state index in [2.05, 4.69) is 38.1 Å². The molecule has 8 N–H and O–H groups in total. The summed E-state index contributed by atoms with van der Waals surface area (Å²) >= 11 is 1.67. The minimum atomic E-state index is -0.960. The van der Waals surface area contributed by atoms with Crippen LogP contribution in [0.4, 0.5) is 17.1 Å². The summed E-state index contributed by atoms with van der Waals surface area (Å²) in [5.41, 5.74) is 22.1. The minimum absolute atomic E-state index is 0.0371. The maximum absolute atomic E-state index is 12.8. The molecule has 3 aromatic carbocycles. The second-order valence-corrected chi connectivity index (χ2v) is 13.8. The molecule has 0 fully saturated rings. The number of pyridine rings is 1. The Morgan fingerprint density at radius 2 is 1.66 bits per heavy atom. The average molecular weight is 787 g/mol. The molecule has 0 aliphatic rings. The number of hydrazine groups is 1. The first kappa shape index (κ1) is 43.0. The smallest absolute Gasteiger partial charge is 0.327 e. The highest BCUT2D eigenvalue weighted by Crippen LogP contribution is 2.27. The first-order valence-electron chi connectivity index (χ1n) is 17.9. The topological polar surface area (TPSA) is 221 Å². The first-order valence-corrected chi connectivity index (χ1v) is 19.0. The zero-order valence-electron chi connectivity index (χ0n) is 31.3. The normalized spacial score (nSPS) is 10.7. The zero-order valence-corrected chi connectivity index (χ0v) is 32.2. The molecular formula is C39H48N9O7S+. The van der Waals surface area contributed by atoms with Crippen LogP contribution in [0.25, 0.3) is 11.1 Å². The van der Waals surface area contributed by atoms with Crippen molar-refractivity contribution < 1.29 is 38.8 Å². The van der Waals surface area contributed by atoms with Crippen molar-refractivity contribution in [3.8, 4) is 11.1 Å². The SMILES string of the molecule is Cc1cc(-c2cccc(CONCCSCCNC(=O)c3ccc[n+](CC(=O)Nc4ccc(NNC(=O)C(=O)N(CCO)CCO)c(C)c4)c3)c2)ccc1N=N. The van der Waals surface area contributed by atoms with Crippen molar-refractivity contribution >= 4 is 52.5 Å². The lowest BCUT2D eigenvalue weighted by molar-refractivity contribution is -0.684. The Morgan fingerprint density at radius 3 is 2.39 bits per heavy atom. The number of hydrogen-bond acceptors (Lipinski definition) is 12. The lowest BCUT2D eigenvalue weighted by atomic mass is 10.0. The van der Waals surface area contributed by atoms with Crippen molar-refractivity contribution in [3.05, 3.63) is 107 Å². The van der Waals surface area contributed by atoms with Gasteiger partial charge in [0.1, 0.15) is 5.56 Å². The van der Waals surface area contributed by atoms with Gasteiger partial charge >= 0.3 is 11.8 Å². The number of aryl methyl sites for hydroxylation is 2. The number of aliphatic hydroxyl groups is 2. The first-order chi connectivity index (χ1) is 27.1. The maximum Gasteiger partial charge on any atom is 0.327 e. The van der Waals surface area contributed by atoms with Crippen LogP contribution < -0.4 is 31.5 Å². The molecule has 4 aromatic rings. The lowest BCUT2D eigenvalue weighted by Crippen LogP contribution is -2.46. The van der Waals surface area contributed by atoms with Crippen LogP contribution in [-0.2, 0) is 32.4 Å². The number of hydrogen-bond donors (Lipinski definition) is 8. The molecule has 16 nitrogen and oxygen atoms in total. The zero-order chi connectivity index (χ0) is 40.3. The van der Waals surface area contributed by atoms with E-state index in [1.807, 2.05) is 43.3 Å². The van der Waals surface area contributed by atoms with E-state index in [0.717, 1.165) is 32.9 Å². The number of carbonyl (C=O) groups excluding carboxylic acids is 4. The van der Waals surface area contributed by atoms with Crippen LogP contribution in [0.2, 0.25) is 0 Å². The molecule has 0 saturated carbocycles. The highest BCUT2D eigenvalue weighted by atomic mass is 32.2. The standard InChI is InChI=1S/C39H47N9O7S/c1-27-21-31(8-10-34(27)44-40)30-6-3-5-29(23-30)26-55-42-13-20-56-19-12-41-37(52)32-7-4-14-47(24-32)25-36(51)43-33-9-11-35(28(2)22-33)45-46-38(53)39(54)48(15-17-49)16-18-50/h3-11,14,21-24,42,49-50H,12-13,15-20,25-26H2,1-2H3,(H4-,40,41,43,44,45,46,51,52,53,54)/p+1. The van der Waals surface area contributed by atoms with Crippen LogP contribution in [-0.4, -0.2) is 89.6 Å². The van der Waals surface area contributed by atoms with Crippen LogP contribution in [0, 0.1) is 19.4 Å². The summed E-state index contributed by atoms with van der Waals surface area (Å²) in [5.74, 6) is -0.930. The summed E-state index contributed by atoms with van der Waals surface area (Å²) in [6.45, 7) is 4.29. The molecule has 0 radical (unpaired) electrons. The van der Waals surface area contributed by atoms with E-state index < -0.39 is 11.8 Å². The van der Waals surface area contributed by atoms with Gasteiger partial charge in [0.05, 0.1) is 31.2 Å². The van der Waals surface area contributed by atoms with Crippen LogP contribution in [0.5, 0.6) is 0 Å². The van der Waals surface area contributed by atoms with Crippen molar-refractivity contribution in [2.45, 2.75) is 27.0 Å². The Balaban J connectivity index is 1.11. The number of anilines is 2. The summed E-state index contributed by atoms with van der Waals surface area (Å²) in [5, 5.41) is 27.4. The quantitative estimate of drug-likeness (QED) is 0.0203. The largest absolute Gasteiger partial charge is 0.395 e. The Labute approximate surface area is 329 Å². The molecule has 4 amide bonds. The molecule has 0 bridgehead atoms. The third-order valence-electron chi connectivity index (χ3n) is 8.29.